The highest BCUT2D eigenvalue weighted by atomic mass is 35.5. The van der Waals surface area contributed by atoms with E-state index in [1.807, 2.05) is 0 Å². The van der Waals surface area contributed by atoms with Crippen LogP contribution < -0.4 is 0 Å². The van der Waals surface area contributed by atoms with Gasteiger partial charge < -0.3 is 0 Å². The van der Waals surface area contributed by atoms with E-state index >= 15 is 0 Å². The number of fused-ring (bicyclic) bond motifs is 1. The summed E-state index contributed by atoms with van der Waals surface area (Å²) >= 11 is 11.6. The molecule has 0 saturated heterocycles. The highest BCUT2D eigenvalue weighted by molar-refractivity contribution is 6.35. The summed E-state index contributed by atoms with van der Waals surface area (Å²) in [5.74, 6) is -0.322. The molecule has 0 N–H and O–H groups in total. The lowest BCUT2D eigenvalue weighted by Gasteiger charge is -2.03. The maximum Gasteiger partial charge on any atom is 0.225 e. The number of halogens is 3. The van der Waals surface area contributed by atoms with Gasteiger partial charge in [-0.2, -0.15) is 4.98 Å². The molecular weight excluding hydrogens is 292 g/mol. The second-order valence-corrected chi connectivity index (χ2v) is 4.49. The second-order valence-electron chi connectivity index (χ2n) is 3.79. The molecule has 3 aromatic rings. The van der Waals surface area contributed by atoms with Crippen LogP contribution in [0.4, 0.5) is 4.39 Å². The van der Waals surface area contributed by atoms with Gasteiger partial charge in [-0.25, -0.2) is 14.1 Å². The molecule has 0 spiro atoms. The molecule has 0 aliphatic rings. The fourth-order valence-electron chi connectivity index (χ4n) is 1.69. The van der Waals surface area contributed by atoms with E-state index in [1.54, 1.807) is 18.2 Å². The van der Waals surface area contributed by atoms with Crippen molar-refractivity contribution in [2.24, 2.45) is 0 Å². The molecule has 0 radical (unpaired) electrons. The van der Waals surface area contributed by atoms with Crippen molar-refractivity contribution in [3.8, 4) is 0 Å². The first-order chi connectivity index (χ1) is 9.15. The van der Waals surface area contributed by atoms with Crippen LogP contribution in [-0.4, -0.2) is 25.0 Å². The summed E-state index contributed by atoms with van der Waals surface area (Å²) in [5.41, 5.74) is 1.18. The van der Waals surface area contributed by atoms with Crippen molar-refractivity contribution in [1.29, 1.82) is 0 Å². The van der Waals surface area contributed by atoms with Gasteiger partial charge in [0.15, 0.2) is 16.3 Å². The normalized spacial score (nSPS) is 11.1. The summed E-state index contributed by atoms with van der Waals surface area (Å²) in [6.07, 6.45) is 0. The number of rotatable bonds is 2. The average Bonchev–Trinajstić information content (AvgIpc) is 2.76. The number of benzene rings is 1. The summed E-state index contributed by atoms with van der Waals surface area (Å²) < 4.78 is 15.0. The number of hydrogen-bond acceptors (Lipinski definition) is 4. The van der Waals surface area contributed by atoms with Gasteiger partial charge in [0.05, 0.1) is 6.54 Å². The van der Waals surface area contributed by atoms with Crippen molar-refractivity contribution >= 4 is 34.4 Å². The van der Waals surface area contributed by atoms with Crippen molar-refractivity contribution in [2.75, 3.05) is 0 Å². The minimum absolute atomic E-state index is 0.00502. The topological polar surface area (TPSA) is 56.5 Å². The minimum Gasteiger partial charge on any atom is -0.222 e. The van der Waals surface area contributed by atoms with Gasteiger partial charge in [-0.15, -0.1) is 5.10 Å². The molecule has 8 heteroatoms. The average molecular weight is 298 g/mol. The molecule has 0 atom stereocenters. The van der Waals surface area contributed by atoms with E-state index in [4.69, 9.17) is 23.2 Å². The van der Waals surface area contributed by atoms with Crippen LogP contribution in [0, 0.1) is 5.82 Å². The summed E-state index contributed by atoms with van der Waals surface area (Å²) in [6.45, 7) is 0.187. The van der Waals surface area contributed by atoms with Crippen molar-refractivity contribution < 1.29 is 4.39 Å². The molecule has 19 heavy (non-hydrogen) atoms. The van der Waals surface area contributed by atoms with Gasteiger partial charge in [0.1, 0.15) is 5.82 Å². The Morgan fingerprint density at radius 2 is 1.95 bits per heavy atom. The van der Waals surface area contributed by atoms with Gasteiger partial charge in [-0.3, -0.25) is 0 Å². The summed E-state index contributed by atoms with van der Waals surface area (Å²) in [4.78, 5) is 7.78. The van der Waals surface area contributed by atoms with Crippen LogP contribution in [-0.2, 0) is 6.54 Å². The SMILES string of the molecule is Fc1ccccc1Cn1nnc2c(Cl)nc(Cl)nc21. The quantitative estimate of drug-likeness (QED) is 0.539. The Kier molecular flexibility index (Phi) is 3.04. The van der Waals surface area contributed by atoms with Gasteiger partial charge in [0.25, 0.3) is 0 Å². The van der Waals surface area contributed by atoms with E-state index in [1.165, 1.54) is 10.7 Å². The molecule has 0 amide bonds. The van der Waals surface area contributed by atoms with Crippen molar-refractivity contribution in [2.45, 2.75) is 6.54 Å². The van der Waals surface area contributed by atoms with Crippen LogP contribution in [0.1, 0.15) is 5.56 Å². The van der Waals surface area contributed by atoms with Crippen molar-refractivity contribution in [3.05, 3.63) is 46.1 Å². The van der Waals surface area contributed by atoms with E-state index in [-0.39, 0.29) is 22.8 Å². The van der Waals surface area contributed by atoms with Gasteiger partial charge in [0.2, 0.25) is 5.28 Å². The zero-order valence-corrected chi connectivity index (χ0v) is 10.9. The largest absolute Gasteiger partial charge is 0.225 e. The van der Waals surface area contributed by atoms with E-state index in [0.717, 1.165) is 0 Å². The van der Waals surface area contributed by atoms with Crippen molar-refractivity contribution in [1.82, 2.24) is 25.0 Å². The third-order valence-corrected chi connectivity index (χ3v) is 3.00. The fraction of sp³-hybridized carbons (Fsp3) is 0.0909. The molecule has 96 valence electrons. The molecule has 1 aromatic carbocycles. The van der Waals surface area contributed by atoms with Gasteiger partial charge in [-0.05, 0) is 17.7 Å². The third kappa shape index (κ3) is 2.24. The van der Waals surface area contributed by atoms with Crippen LogP contribution in [0.25, 0.3) is 11.2 Å². The minimum atomic E-state index is -0.322. The Morgan fingerprint density at radius 3 is 2.74 bits per heavy atom. The molecule has 0 aliphatic heterocycles. The predicted molar refractivity (Wildman–Crippen MR) is 68.6 cm³/mol. The van der Waals surface area contributed by atoms with E-state index < -0.39 is 0 Å². The lowest BCUT2D eigenvalue weighted by Crippen LogP contribution is -2.05. The van der Waals surface area contributed by atoms with Gasteiger partial charge in [0, 0.05) is 5.56 Å². The lowest BCUT2D eigenvalue weighted by atomic mass is 10.2. The third-order valence-electron chi connectivity index (χ3n) is 2.57. The Labute approximate surface area is 117 Å². The summed E-state index contributed by atoms with van der Waals surface area (Å²) in [7, 11) is 0. The molecule has 5 nitrogen and oxygen atoms in total. The van der Waals surface area contributed by atoms with Crippen LogP contribution in [0.15, 0.2) is 24.3 Å². The number of nitrogens with zero attached hydrogens (tertiary/aromatic N) is 5. The number of aromatic nitrogens is 5. The Hall–Kier alpha value is -1.79. The zero-order valence-electron chi connectivity index (χ0n) is 9.39. The summed E-state index contributed by atoms with van der Waals surface area (Å²) in [5, 5.41) is 7.86. The maximum atomic E-state index is 13.6. The molecule has 2 heterocycles. The molecular formula is C11H6Cl2FN5. The standard InChI is InChI=1S/C11H6Cl2FN5/c12-9-8-10(16-11(13)15-9)19(18-17-8)5-6-3-1-2-4-7(6)14/h1-4H,5H2. The van der Waals surface area contributed by atoms with E-state index in [0.29, 0.717) is 16.7 Å². The molecule has 0 bridgehead atoms. The fourth-order valence-corrected chi connectivity index (χ4v) is 2.10. The van der Waals surface area contributed by atoms with Gasteiger partial charge >= 0.3 is 0 Å². The lowest BCUT2D eigenvalue weighted by molar-refractivity contribution is 0.582. The van der Waals surface area contributed by atoms with E-state index in [2.05, 4.69) is 20.3 Å². The molecule has 3 rings (SSSR count). The highest BCUT2D eigenvalue weighted by Crippen LogP contribution is 2.20. The van der Waals surface area contributed by atoms with Crippen LogP contribution in [0.5, 0.6) is 0 Å². The van der Waals surface area contributed by atoms with Crippen LogP contribution >= 0.6 is 23.2 Å². The molecule has 0 aliphatic carbocycles. The first-order valence-corrected chi connectivity index (χ1v) is 6.06. The van der Waals surface area contributed by atoms with Crippen LogP contribution in [0.3, 0.4) is 0 Å². The monoisotopic (exact) mass is 297 g/mol. The van der Waals surface area contributed by atoms with Crippen molar-refractivity contribution in [3.63, 3.8) is 0 Å². The molecule has 0 saturated carbocycles. The Balaban J connectivity index is 2.09. The first kappa shape index (κ1) is 12.3. The van der Waals surface area contributed by atoms with Crippen LogP contribution in [0.2, 0.25) is 10.4 Å². The van der Waals surface area contributed by atoms with Gasteiger partial charge in [-0.1, -0.05) is 35.0 Å². The highest BCUT2D eigenvalue weighted by Gasteiger charge is 2.13. The molecule has 2 aromatic heterocycles. The Bertz CT molecular complexity index is 758. The Morgan fingerprint density at radius 1 is 1.16 bits per heavy atom. The first-order valence-electron chi connectivity index (χ1n) is 5.31. The zero-order chi connectivity index (χ0) is 13.4. The molecule has 0 unspecified atom stereocenters. The predicted octanol–water partition coefficient (Wildman–Crippen LogP) is 2.72. The smallest absolute Gasteiger partial charge is 0.222 e. The molecule has 0 fully saturated rings. The second kappa shape index (κ2) is 4.71. The summed E-state index contributed by atoms with van der Waals surface area (Å²) in [6, 6.07) is 6.40. The number of hydrogen-bond donors (Lipinski definition) is 0. The maximum absolute atomic E-state index is 13.6. The van der Waals surface area contributed by atoms with E-state index in [9.17, 15) is 4.39 Å².